The van der Waals surface area contributed by atoms with E-state index in [2.05, 4.69) is 34.5 Å². The SMILES string of the molecule is CCOc1ccc(C(=O)NC[C@H](c2ccco2)N2CCc3ccccc32)cc1. The molecule has 1 aromatic heterocycles. The van der Waals surface area contributed by atoms with Crippen LogP contribution in [0.3, 0.4) is 0 Å². The van der Waals surface area contributed by atoms with Crippen molar-refractivity contribution in [2.24, 2.45) is 0 Å². The van der Waals surface area contributed by atoms with Gasteiger partial charge in [-0.15, -0.1) is 0 Å². The third kappa shape index (κ3) is 3.74. The Morgan fingerprint density at radius 3 is 2.71 bits per heavy atom. The second-order valence-corrected chi connectivity index (χ2v) is 6.77. The molecule has 0 fully saturated rings. The smallest absolute Gasteiger partial charge is 0.251 e. The van der Waals surface area contributed by atoms with Crippen LogP contribution in [-0.2, 0) is 6.42 Å². The lowest BCUT2D eigenvalue weighted by atomic mass is 10.1. The lowest BCUT2D eigenvalue weighted by molar-refractivity contribution is 0.0950. The maximum absolute atomic E-state index is 12.6. The van der Waals surface area contributed by atoms with Crippen LogP contribution in [0, 0.1) is 0 Å². The molecule has 0 unspecified atom stereocenters. The molecule has 0 spiro atoms. The van der Waals surface area contributed by atoms with E-state index in [1.807, 2.05) is 31.2 Å². The predicted octanol–water partition coefficient (Wildman–Crippen LogP) is 4.21. The molecule has 1 N–H and O–H groups in total. The largest absolute Gasteiger partial charge is 0.494 e. The third-order valence-electron chi connectivity index (χ3n) is 5.05. The molecule has 0 bridgehead atoms. The molecule has 0 saturated heterocycles. The number of anilines is 1. The molecule has 5 heteroatoms. The fourth-order valence-corrected chi connectivity index (χ4v) is 3.69. The van der Waals surface area contributed by atoms with Crippen molar-refractivity contribution in [2.45, 2.75) is 19.4 Å². The Morgan fingerprint density at radius 1 is 1.14 bits per heavy atom. The molecular formula is C23H24N2O3. The molecular weight excluding hydrogens is 352 g/mol. The van der Waals surface area contributed by atoms with Crippen LogP contribution in [0.15, 0.2) is 71.3 Å². The molecule has 3 aromatic rings. The monoisotopic (exact) mass is 376 g/mol. The summed E-state index contributed by atoms with van der Waals surface area (Å²) in [6, 6.07) is 19.4. The van der Waals surface area contributed by atoms with Gasteiger partial charge in [0.2, 0.25) is 0 Å². The van der Waals surface area contributed by atoms with E-state index in [0.29, 0.717) is 18.7 Å². The predicted molar refractivity (Wildman–Crippen MR) is 109 cm³/mol. The summed E-state index contributed by atoms with van der Waals surface area (Å²) in [5, 5.41) is 3.07. The van der Waals surface area contributed by atoms with E-state index < -0.39 is 0 Å². The van der Waals surface area contributed by atoms with Crippen molar-refractivity contribution in [3.05, 3.63) is 83.8 Å². The van der Waals surface area contributed by atoms with Gasteiger partial charge in [-0.25, -0.2) is 0 Å². The summed E-state index contributed by atoms with van der Waals surface area (Å²) < 4.78 is 11.1. The Labute approximate surface area is 164 Å². The summed E-state index contributed by atoms with van der Waals surface area (Å²) >= 11 is 0. The number of fused-ring (bicyclic) bond motifs is 1. The standard InChI is InChI=1S/C23H24N2O3/c1-2-27-19-11-9-18(10-12-19)23(26)24-16-21(22-8-5-15-28-22)25-14-13-17-6-3-4-7-20(17)25/h3-12,15,21H,2,13-14,16H2,1H3,(H,24,26)/t21-/m1/s1. The minimum absolute atomic E-state index is 0.0507. The normalized spacial score (nSPS) is 13.8. The van der Waals surface area contributed by atoms with Gasteiger partial charge in [-0.1, -0.05) is 18.2 Å². The molecule has 4 rings (SSSR count). The highest BCUT2D eigenvalue weighted by Crippen LogP contribution is 2.35. The van der Waals surface area contributed by atoms with E-state index in [4.69, 9.17) is 9.15 Å². The number of rotatable bonds is 7. The highest BCUT2D eigenvalue weighted by Gasteiger charge is 2.29. The third-order valence-corrected chi connectivity index (χ3v) is 5.05. The summed E-state index contributed by atoms with van der Waals surface area (Å²) in [6.45, 7) is 3.91. The number of carbonyl (C=O) groups is 1. The number of benzene rings is 2. The van der Waals surface area contributed by atoms with Crippen molar-refractivity contribution < 1.29 is 13.9 Å². The zero-order valence-corrected chi connectivity index (χ0v) is 15.9. The van der Waals surface area contributed by atoms with Gasteiger partial charge in [-0.2, -0.15) is 0 Å². The molecule has 1 aliphatic heterocycles. The Kier molecular flexibility index (Phi) is 5.33. The Bertz CT molecular complexity index is 919. The second-order valence-electron chi connectivity index (χ2n) is 6.77. The van der Waals surface area contributed by atoms with Gasteiger partial charge in [0.15, 0.2) is 0 Å². The minimum Gasteiger partial charge on any atom is -0.494 e. The molecule has 2 aromatic carbocycles. The Balaban J connectivity index is 1.49. The van der Waals surface area contributed by atoms with Gasteiger partial charge in [0.25, 0.3) is 5.91 Å². The van der Waals surface area contributed by atoms with Gasteiger partial charge in [-0.05, 0) is 61.4 Å². The summed E-state index contributed by atoms with van der Waals surface area (Å²) in [7, 11) is 0. The Morgan fingerprint density at radius 2 is 1.96 bits per heavy atom. The molecule has 1 aliphatic rings. The number of amides is 1. The van der Waals surface area contributed by atoms with Crippen molar-refractivity contribution in [1.29, 1.82) is 0 Å². The molecule has 5 nitrogen and oxygen atoms in total. The van der Waals surface area contributed by atoms with Crippen LogP contribution in [0.4, 0.5) is 5.69 Å². The van der Waals surface area contributed by atoms with Crippen molar-refractivity contribution in [3.63, 3.8) is 0 Å². The van der Waals surface area contributed by atoms with Gasteiger partial charge >= 0.3 is 0 Å². The number of hydrogen-bond acceptors (Lipinski definition) is 4. The van der Waals surface area contributed by atoms with Crippen LogP contribution in [0.2, 0.25) is 0 Å². The van der Waals surface area contributed by atoms with Crippen LogP contribution in [-0.4, -0.2) is 25.6 Å². The van der Waals surface area contributed by atoms with Gasteiger partial charge in [0.05, 0.1) is 12.9 Å². The molecule has 1 atom stereocenters. The average Bonchev–Trinajstić information content (AvgIpc) is 3.40. The highest BCUT2D eigenvalue weighted by molar-refractivity contribution is 5.94. The van der Waals surface area contributed by atoms with E-state index in [9.17, 15) is 4.79 Å². The number of nitrogens with one attached hydrogen (secondary N) is 1. The van der Waals surface area contributed by atoms with E-state index in [1.54, 1.807) is 18.4 Å². The highest BCUT2D eigenvalue weighted by atomic mass is 16.5. The van der Waals surface area contributed by atoms with Crippen LogP contribution < -0.4 is 15.0 Å². The van der Waals surface area contributed by atoms with Gasteiger partial charge in [0.1, 0.15) is 17.6 Å². The zero-order chi connectivity index (χ0) is 19.3. The van der Waals surface area contributed by atoms with Crippen LogP contribution in [0.5, 0.6) is 5.75 Å². The van der Waals surface area contributed by atoms with Crippen LogP contribution in [0.1, 0.15) is 34.6 Å². The average molecular weight is 376 g/mol. The number of nitrogens with zero attached hydrogens (tertiary/aromatic N) is 1. The lowest BCUT2D eigenvalue weighted by Gasteiger charge is -2.29. The first kappa shape index (κ1) is 18.2. The topological polar surface area (TPSA) is 54.7 Å². The molecule has 0 saturated carbocycles. The Hall–Kier alpha value is -3.21. The summed E-state index contributed by atoms with van der Waals surface area (Å²) in [5.74, 6) is 1.51. The summed E-state index contributed by atoms with van der Waals surface area (Å²) in [4.78, 5) is 15.0. The molecule has 0 radical (unpaired) electrons. The molecule has 0 aliphatic carbocycles. The van der Waals surface area contributed by atoms with Crippen molar-refractivity contribution >= 4 is 11.6 Å². The first-order valence-corrected chi connectivity index (χ1v) is 9.65. The number of carbonyl (C=O) groups excluding carboxylic acids is 1. The summed E-state index contributed by atoms with van der Waals surface area (Å²) in [6.07, 6.45) is 2.68. The van der Waals surface area contributed by atoms with Crippen molar-refractivity contribution in [2.75, 3.05) is 24.6 Å². The fraction of sp³-hybridized carbons (Fsp3) is 0.261. The first-order chi connectivity index (χ1) is 13.8. The molecule has 1 amide bonds. The van der Waals surface area contributed by atoms with Crippen molar-refractivity contribution in [1.82, 2.24) is 5.32 Å². The number of hydrogen-bond donors (Lipinski definition) is 1. The maximum Gasteiger partial charge on any atom is 0.251 e. The number of furan rings is 1. The zero-order valence-electron chi connectivity index (χ0n) is 15.9. The fourth-order valence-electron chi connectivity index (χ4n) is 3.69. The maximum atomic E-state index is 12.6. The van der Waals surface area contributed by atoms with Crippen molar-refractivity contribution in [3.8, 4) is 5.75 Å². The van der Waals surface area contributed by atoms with Gasteiger partial charge in [0, 0.05) is 24.3 Å². The van der Waals surface area contributed by atoms with E-state index in [-0.39, 0.29) is 11.9 Å². The van der Waals surface area contributed by atoms with E-state index in [0.717, 1.165) is 24.5 Å². The van der Waals surface area contributed by atoms with Crippen LogP contribution >= 0.6 is 0 Å². The molecule has 144 valence electrons. The van der Waals surface area contributed by atoms with Crippen LogP contribution in [0.25, 0.3) is 0 Å². The first-order valence-electron chi connectivity index (χ1n) is 9.65. The van der Waals surface area contributed by atoms with Gasteiger partial charge < -0.3 is 19.4 Å². The lowest BCUT2D eigenvalue weighted by Crippen LogP contribution is -2.37. The van der Waals surface area contributed by atoms with E-state index >= 15 is 0 Å². The minimum atomic E-state index is -0.105. The second kappa shape index (κ2) is 8.21. The number of para-hydroxylation sites is 1. The molecule has 28 heavy (non-hydrogen) atoms. The quantitative estimate of drug-likeness (QED) is 0.671. The summed E-state index contributed by atoms with van der Waals surface area (Å²) in [5.41, 5.74) is 3.15. The van der Waals surface area contributed by atoms with E-state index in [1.165, 1.54) is 11.3 Å². The van der Waals surface area contributed by atoms with Gasteiger partial charge in [-0.3, -0.25) is 4.79 Å². The number of ether oxygens (including phenoxy) is 1. The molecule has 2 heterocycles.